The fraction of sp³-hybridized carbons (Fsp3) is 0.267. The summed E-state index contributed by atoms with van der Waals surface area (Å²) in [6.07, 6.45) is 1.53. The number of aromatic nitrogens is 4. The summed E-state index contributed by atoms with van der Waals surface area (Å²) >= 11 is 0. The normalized spacial score (nSPS) is 11.9. The molecule has 2 heterocycles. The molecule has 0 saturated carbocycles. The van der Waals surface area contributed by atoms with Gasteiger partial charge in [-0.15, -0.1) is 0 Å². The molecule has 0 radical (unpaired) electrons. The summed E-state index contributed by atoms with van der Waals surface area (Å²) in [5.74, 6) is 0.767. The third-order valence-electron chi connectivity index (χ3n) is 3.15. The van der Waals surface area contributed by atoms with Gasteiger partial charge in [-0.05, 0) is 12.1 Å². The number of H-pyrrole nitrogens is 1. The highest BCUT2D eigenvalue weighted by Gasteiger charge is 2.20. The molecule has 5 heteroatoms. The first-order valence-corrected chi connectivity index (χ1v) is 6.50. The second kappa shape index (κ2) is 4.30. The van der Waals surface area contributed by atoms with Crippen LogP contribution in [0.4, 0.5) is 0 Å². The molecule has 0 bridgehead atoms. The highest BCUT2D eigenvalue weighted by molar-refractivity contribution is 5.69. The summed E-state index contributed by atoms with van der Waals surface area (Å²) < 4.78 is 1.51. The Labute approximate surface area is 116 Å². The van der Waals surface area contributed by atoms with E-state index in [1.165, 1.54) is 10.9 Å². The standard InChI is InChI=1S/C15H16N4O/c1-15(2,3)14-17-11-12(18-14)16-9-19(13(11)20)10-7-5-4-6-8-10/h4-9H,1-3H3,(H,17,18). The molecular weight excluding hydrogens is 252 g/mol. The lowest BCUT2D eigenvalue weighted by Gasteiger charge is -2.13. The number of para-hydroxylation sites is 1. The van der Waals surface area contributed by atoms with E-state index in [0.29, 0.717) is 11.2 Å². The van der Waals surface area contributed by atoms with Crippen molar-refractivity contribution >= 4 is 11.2 Å². The van der Waals surface area contributed by atoms with Gasteiger partial charge in [-0.25, -0.2) is 9.97 Å². The molecule has 2 aromatic heterocycles. The lowest BCUT2D eigenvalue weighted by Crippen LogP contribution is -2.19. The van der Waals surface area contributed by atoms with Gasteiger partial charge in [0.25, 0.3) is 5.56 Å². The van der Waals surface area contributed by atoms with Crippen molar-refractivity contribution in [3.05, 3.63) is 52.8 Å². The molecule has 102 valence electrons. The molecule has 5 nitrogen and oxygen atoms in total. The third-order valence-corrected chi connectivity index (χ3v) is 3.15. The second-order valence-corrected chi connectivity index (χ2v) is 5.79. The molecule has 0 saturated heterocycles. The van der Waals surface area contributed by atoms with Crippen LogP contribution >= 0.6 is 0 Å². The number of rotatable bonds is 1. The molecular formula is C15H16N4O. The van der Waals surface area contributed by atoms with E-state index in [1.54, 1.807) is 0 Å². The molecule has 0 aliphatic rings. The molecule has 0 atom stereocenters. The van der Waals surface area contributed by atoms with E-state index in [0.717, 1.165) is 11.5 Å². The van der Waals surface area contributed by atoms with Crippen molar-refractivity contribution in [3.63, 3.8) is 0 Å². The van der Waals surface area contributed by atoms with Gasteiger partial charge in [0, 0.05) is 5.41 Å². The minimum absolute atomic E-state index is 0.148. The number of imidazole rings is 1. The largest absolute Gasteiger partial charge is 0.326 e. The number of nitrogens with zero attached hydrogens (tertiary/aromatic N) is 3. The van der Waals surface area contributed by atoms with Crippen LogP contribution in [-0.2, 0) is 5.41 Å². The van der Waals surface area contributed by atoms with E-state index in [9.17, 15) is 4.79 Å². The van der Waals surface area contributed by atoms with Gasteiger partial charge in [0.05, 0.1) is 5.69 Å². The predicted molar refractivity (Wildman–Crippen MR) is 78.2 cm³/mol. The quantitative estimate of drug-likeness (QED) is 0.737. The van der Waals surface area contributed by atoms with Gasteiger partial charge in [-0.1, -0.05) is 39.0 Å². The third kappa shape index (κ3) is 2.01. The molecule has 0 spiro atoms. The Bertz CT molecular complexity index is 809. The minimum atomic E-state index is -0.159. The first-order chi connectivity index (χ1) is 9.47. The van der Waals surface area contributed by atoms with E-state index >= 15 is 0 Å². The Morgan fingerprint density at radius 2 is 1.85 bits per heavy atom. The lowest BCUT2D eigenvalue weighted by atomic mass is 9.96. The van der Waals surface area contributed by atoms with Crippen molar-refractivity contribution in [1.29, 1.82) is 0 Å². The van der Waals surface area contributed by atoms with E-state index in [1.807, 2.05) is 51.1 Å². The van der Waals surface area contributed by atoms with Crippen molar-refractivity contribution in [2.75, 3.05) is 0 Å². The molecule has 3 rings (SSSR count). The highest BCUT2D eigenvalue weighted by Crippen LogP contribution is 2.20. The van der Waals surface area contributed by atoms with Crippen molar-refractivity contribution in [2.45, 2.75) is 26.2 Å². The van der Waals surface area contributed by atoms with E-state index in [4.69, 9.17) is 0 Å². The van der Waals surface area contributed by atoms with Crippen LogP contribution < -0.4 is 5.56 Å². The van der Waals surface area contributed by atoms with E-state index in [-0.39, 0.29) is 11.0 Å². The Morgan fingerprint density at radius 1 is 1.15 bits per heavy atom. The van der Waals surface area contributed by atoms with Crippen molar-refractivity contribution in [1.82, 2.24) is 19.5 Å². The number of fused-ring (bicyclic) bond motifs is 1. The van der Waals surface area contributed by atoms with Crippen LogP contribution in [0.15, 0.2) is 41.5 Å². The van der Waals surface area contributed by atoms with Gasteiger partial charge in [0.2, 0.25) is 0 Å². The number of aromatic amines is 1. The molecule has 0 amide bonds. The molecule has 0 aliphatic carbocycles. The maximum Gasteiger partial charge on any atom is 0.286 e. The minimum Gasteiger partial charge on any atom is -0.326 e. The summed E-state index contributed by atoms with van der Waals surface area (Å²) in [6, 6.07) is 9.42. The van der Waals surface area contributed by atoms with Gasteiger partial charge in [0.15, 0.2) is 11.2 Å². The fourth-order valence-corrected chi connectivity index (χ4v) is 2.02. The van der Waals surface area contributed by atoms with Crippen LogP contribution in [0.3, 0.4) is 0 Å². The van der Waals surface area contributed by atoms with Crippen LogP contribution in [0.25, 0.3) is 16.9 Å². The molecule has 0 aliphatic heterocycles. The zero-order chi connectivity index (χ0) is 14.3. The van der Waals surface area contributed by atoms with Crippen molar-refractivity contribution in [3.8, 4) is 5.69 Å². The fourth-order valence-electron chi connectivity index (χ4n) is 2.02. The van der Waals surface area contributed by atoms with Crippen LogP contribution in [0.2, 0.25) is 0 Å². The number of benzene rings is 1. The summed E-state index contributed by atoms with van der Waals surface area (Å²) in [5, 5.41) is 0. The molecule has 1 aromatic carbocycles. The summed E-state index contributed by atoms with van der Waals surface area (Å²) in [4.78, 5) is 24.3. The average Bonchev–Trinajstić information content (AvgIpc) is 2.85. The molecule has 1 N–H and O–H groups in total. The van der Waals surface area contributed by atoms with Gasteiger partial charge in [-0.3, -0.25) is 9.36 Å². The molecule has 0 unspecified atom stereocenters. The Hall–Kier alpha value is -2.43. The molecule has 3 aromatic rings. The Kier molecular flexibility index (Phi) is 2.71. The Morgan fingerprint density at radius 3 is 2.50 bits per heavy atom. The van der Waals surface area contributed by atoms with Crippen molar-refractivity contribution in [2.24, 2.45) is 0 Å². The zero-order valence-corrected chi connectivity index (χ0v) is 11.7. The van der Waals surface area contributed by atoms with Gasteiger partial charge < -0.3 is 4.98 Å². The first kappa shape index (κ1) is 12.6. The maximum absolute atomic E-state index is 12.5. The SMILES string of the molecule is CC(C)(C)c1nc2c(=O)n(-c3ccccc3)cnc2[nH]1. The van der Waals surface area contributed by atoms with Gasteiger partial charge >= 0.3 is 0 Å². The van der Waals surface area contributed by atoms with Crippen molar-refractivity contribution < 1.29 is 0 Å². The average molecular weight is 268 g/mol. The zero-order valence-electron chi connectivity index (χ0n) is 11.7. The van der Waals surface area contributed by atoms with E-state index < -0.39 is 0 Å². The predicted octanol–water partition coefficient (Wildman–Crippen LogP) is 2.41. The van der Waals surface area contributed by atoms with Gasteiger partial charge in [-0.2, -0.15) is 0 Å². The lowest BCUT2D eigenvalue weighted by molar-refractivity contribution is 0.554. The number of nitrogens with one attached hydrogen (secondary N) is 1. The second-order valence-electron chi connectivity index (χ2n) is 5.79. The number of hydrogen-bond donors (Lipinski definition) is 1. The highest BCUT2D eigenvalue weighted by atomic mass is 16.1. The van der Waals surface area contributed by atoms with Crippen LogP contribution in [0.1, 0.15) is 26.6 Å². The van der Waals surface area contributed by atoms with Gasteiger partial charge in [0.1, 0.15) is 12.2 Å². The first-order valence-electron chi connectivity index (χ1n) is 6.50. The number of hydrogen-bond acceptors (Lipinski definition) is 3. The summed E-state index contributed by atoms with van der Waals surface area (Å²) in [6.45, 7) is 6.13. The Balaban J connectivity index is 2.24. The summed E-state index contributed by atoms with van der Waals surface area (Å²) in [5.41, 5.74) is 1.39. The van der Waals surface area contributed by atoms with E-state index in [2.05, 4.69) is 15.0 Å². The monoisotopic (exact) mass is 268 g/mol. The van der Waals surface area contributed by atoms with Crippen LogP contribution in [0, 0.1) is 0 Å². The summed E-state index contributed by atoms with van der Waals surface area (Å²) in [7, 11) is 0. The topological polar surface area (TPSA) is 63.6 Å². The van der Waals surface area contributed by atoms with Crippen LogP contribution in [-0.4, -0.2) is 19.5 Å². The maximum atomic E-state index is 12.5. The van der Waals surface area contributed by atoms with Crippen LogP contribution in [0.5, 0.6) is 0 Å². The molecule has 0 fully saturated rings. The molecule has 20 heavy (non-hydrogen) atoms. The smallest absolute Gasteiger partial charge is 0.286 e.